The Morgan fingerprint density at radius 3 is 2.87 bits per heavy atom. The van der Waals surface area contributed by atoms with Gasteiger partial charge in [-0.1, -0.05) is 6.08 Å². The number of aryl methyl sites for hydroxylation is 1. The van der Waals surface area contributed by atoms with Crippen molar-refractivity contribution in [2.75, 3.05) is 5.73 Å². The first-order chi connectivity index (χ1) is 7.36. The maximum Gasteiger partial charge on any atom is 0.0682 e. The number of aromatic nitrogens is 1. The van der Waals surface area contributed by atoms with Crippen LogP contribution in [0.2, 0.25) is 0 Å². The monoisotopic (exact) mass is 200 g/mol. The number of nitrogen functional groups attached to an aromatic ring is 1. The molecule has 0 saturated heterocycles. The van der Waals surface area contributed by atoms with E-state index in [0.717, 1.165) is 37.1 Å². The second-order valence-corrected chi connectivity index (χ2v) is 4.46. The number of hydrogen-bond acceptors (Lipinski definition) is 2. The van der Waals surface area contributed by atoms with Crippen LogP contribution in [0.25, 0.3) is 6.08 Å². The van der Waals surface area contributed by atoms with Crippen molar-refractivity contribution >= 4 is 11.8 Å². The highest BCUT2D eigenvalue weighted by Gasteiger charge is 2.19. The van der Waals surface area contributed by atoms with Gasteiger partial charge in [-0.25, -0.2) is 0 Å². The summed E-state index contributed by atoms with van der Waals surface area (Å²) < 4.78 is 0. The topological polar surface area (TPSA) is 38.9 Å². The van der Waals surface area contributed by atoms with Gasteiger partial charge in [0.25, 0.3) is 0 Å². The number of nitrogens with two attached hydrogens (primary N) is 1. The molecular weight excluding hydrogens is 184 g/mol. The molecule has 2 aliphatic rings. The molecule has 0 spiro atoms. The van der Waals surface area contributed by atoms with E-state index in [-0.39, 0.29) is 0 Å². The van der Waals surface area contributed by atoms with Crippen LogP contribution in [0.15, 0.2) is 6.08 Å². The molecule has 15 heavy (non-hydrogen) atoms. The van der Waals surface area contributed by atoms with Gasteiger partial charge in [-0.2, -0.15) is 0 Å². The van der Waals surface area contributed by atoms with Gasteiger partial charge >= 0.3 is 0 Å². The molecule has 1 aromatic rings. The molecule has 0 aromatic carbocycles. The van der Waals surface area contributed by atoms with Crippen LogP contribution in [-0.2, 0) is 19.3 Å². The highest BCUT2D eigenvalue weighted by Crippen LogP contribution is 2.32. The number of pyridine rings is 1. The molecule has 1 heterocycles. The lowest BCUT2D eigenvalue weighted by Gasteiger charge is -2.22. The number of rotatable bonds is 0. The standard InChI is InChI=1S/C13H16N2/c14-13-9-5-1-3-7-11(9)15-12-8-4-2-6-10(12)13/h3,7H,1-2,4-6,8H2,(H2,14,15). The molecule has 3 rings (SSSR count). The molecule has 0 aliphatic heterocycles. The molecule has 2 N–H and O–H groups in total. The summed E-state index contributed by atoms with van der Waals surface area (Å²) in [5.74, 6) is 0. The number of allylic oxidation sites excluding steroid dienone is 1. The van der Waals surface area contributed by atoms with Gasteiger partial charge in [-0.05, 0) is 50.2 Å². The normalized spacial score (nSPS) is 18.4. The van der Waals surface area contributed by atoms with E-state index in [2.05, 4.69) is 12.2 Å². The zero-order chi connectivity index (χ0) is 10.3. The third-order valence-electron chi connectivity index (χ3n) is 3.49. The summed E-state index contributed by atoms with van der Waals surface area (Å²) in [6, 6.07) is 0. The largest absolute Gasteiger partial charge is 0.398 e. The van der Waals surface area contributed by atoms with Crippen molar-refractivity contribution < 1.29 is 0 Å². The number of nitrogens with zero attached hydrogens (tertiary/aromatic N) is 1. The Hall–Kier alpha value is -1.31. The van der Waals surface area contributed by atoms with Crippen LogP contribution in [0, 0.1) is 0 Å². The summed E-state index contributed by atoms with van der Waals surface area (Å²) in [7, 11) is 0. The molecule has 0 amide bonds. The van der Waals surface area contributed by atoms with Crippen LogP contribution in [-0.4, -0.2) is 4.98 Å². The fraction of sp³-hybridized carbons (Fsp3) is 0.462. The maximum absolute atomic E-state index is 6.25. The van der Waals surface area contributed by atoms with E-state index in [9.17, 15) is 0 Å². The molecule has 0 bridgehead atoms. The minimum Gasteiger partial charge on any atom is -0.398 e. The molecule has 0 fully saturated rings. The van der Waals surface area contributed by atoms with Crippen molar-refractivity contribution in [2.24, 2.45) is 0 Å². The van der Waals surface area contributed by atoms with Crippen LogP contribution in [0.1, 0.15) is 41.8 Å². The highest BCUT2D eigenvalue weighted by atomic mass is 14.8. The van der Waals surface area contributed by atoms with Crippen LogP contribution in [0.4, 0.5) is 5.69 Å². The molecular formula is C13H16N2. The van der Waals surface area contributed by atoms with Gasteiger partial charge in [0, 0.05) is 16.9 Å². The zero-order valence-electron chi connectivity index (χ0n) is 8.92. The Kier molecular flexibility index (Phi) is 2.01. The maximum atomic E-state index is 6.25. The first-order valence-electron chi connectivity index (χ1n) is 5.83. The Balaban J connectivity index is 2.21. The van der Waals surface area contributed by atoms with E-state index >= 15 is 0 Å². The van der Waals surface area contributed by atoms with E-state index in [0.29, 0.717) is 0 Å². The third-order valence-corrected chi connectivity index (χ3v) is 3.49. The van der Waals surface area contributed by atoms with Gasteiger partial charge in [0.05, 0.1) is 5.69 Å². The van der Waals surface area contributed by atoms with Crippen molar-refractivity contribution in [1.82, 2.24) is 4.98 Å². The number of anilines is 1. The molecule has 0 unspecified atom stereocenters. The average molecular weight is 200 g/mol. The van der Waals surface area contributed by atoms with Gasteiger partial charge < -0.3 is 5.73 Å². The van der Waals surface area contributed by atoms with E-state index < -0.39 is 0 Å². The lowest BCUT2D eigenvalue weighted by molar-refractivity contribution is 0.666. The predicted molar refractivity (Wildman–Crippen MR) is 62.6 cm³/mol. The Labute approximate surface area is 90.2 Å². The van der Waals surface area contributed by atoms with Crippen LogP contribution in [0.3, 0.4) is 0 Å². The van der Waals surface area contributed by atoms with E-state index in [1.165, 1.54) is 29.7 Å². The van der Waals surface area contributed by atoms with E-state index in [4.69, 9.17) is 10.7 Å². The summed E-state index contributed by atoms with van der Waals surface area (Å²) >= 11 is 0. The lowest BCUT2D eigenvalue weighted by atomic mass is 9.89. The number of fused-ring (bicyclic) bond motifs is 2. The molecule has 2 heteroatoms. The first-order valence-corrected chi connectivity index (χ1v) is 5.83. The molecule has 0 radical (unpaired) electrons. The fourth-order valence-electron chi connectivity index (χ4n) is 2.66. The second-order valence-electron chi connectivity index (χ2n) is 4.46. The van der Waals surface area contributed by atoms with Crippen molar-refractivity contribution in [3.8, 4) is 0 Å². The van der Waals surface area contributed by atoms with Crippen LogP contribution >= 0.6 is 0 Å². The highest BCUT2D eigenvalue weighted by molar-refractivity contribution is 5.66. The SMILES string of the molecule is Nc1c2c(nc3c1CCCC3)C=CCC2. The summed E-state index contributed by atoms with van der Waals surface area (Å²) in [5.41, 5.74) is 12.3. The van der Waals surface area contributed by atoms with Crippen LogP contribution < -0.4 is 5.73 Å². The lowest BCUT2D eigenvalue weighted by Crippen LogP contribution is -2.14. The molecule has 0 atom stereocenters. The smallest absolute Gasteiger partial charge is 0.0682 e. The summed E-state index contributed by atoms with van der Waals surface area (Å²) in [4.78, 5) is 4.75. The third kappa shape index (κ3) is 1.36. The quantitative estimate of drug-likeness (QED) is 0.699. The van der Waals surface area contributed by atoms with Crippen molar-refractivity contribution in [3.05, 3.63) is 28.6 Å². The Morgan fingerprint density at radius 1 is 1.07 bits per heavy atom. The molecule has 1 aromatic heterocycles. The van der Waals surface area contributed by atoms with Gasteiger partial charge in [0.2, 0.25) is 0 Å². The molecule has 2 nitrogen and oxygen atoms in total. The molecule has 2 aliphatic carbocycles. The minimum absolute atomic E-state index is 1.04. The number of hydrogen-bond donors (Lipinski definition) is 1. The second kappa shape index (κ2) is 3.37. The van der Waals surface area contributed by atoms with E-state index in [1.54, 1.807) is 0 Å². The average Bonchev–Trinajstić information content (AvgIpc) is 2.30. The Bertz CT molecular complexity index is 433. The predicted octanol–water partition coefficient (Wildman–Crippen LogP) is 2.50. The summed E-state index contributed by atoms with van der Waals surface area (Å²) in [6.07, 6.45) is 11.3. The first kappa shape index (κ1) is 8.96. The zero-order valence-corrected chi connectivity index (χ0v) is 8.92. The van der Waals surface area contributed by atoms with Gasteiger partial charge in [0.15, 0.2) is 0 Å². The molecule has 0 saturated carbocycles. The van der Waals surface area contributed by atoms with Gasteiger partial charge in [-0.3, -0.25) is 4.98 Å². The van der Waals surface area contributed by atoms with Crippen molar-refractivity contribution in [3.63, 3.8) is 0 Å². The summed E-state index contributed by atoms with van der Waals surface area (Å²) in [5, 5.41) is 0. The molecule has 78 valence electrons. The van der Waals surface area contributed by atoms with Crippen molar-refractivity contribution in [2.45, 2.75) is 38.5 Å². The Morgan fingerprint density at radius 2 is 1.93 bits per heavy atom. The van der Waals surface area contributed by atoms with E-state index in [1.807, 2.05) is 0 Å². The van der Waals surface area contributed by atoms with Crippen LogP contribution in [0.5, 0.6) is 0 Å². The summed E-state index contributed by atoms with van der Waals surface area (Å²) in [6.45, 7) is 0. The van der Waals surface area contributed by atoms with Gasteiger partial charge in [0.1, 0.15) is 0 Å². The minimum atomic E-state index is 1.04. The van der Waals surface area contributed by atoms with Crippen molar-refractivity contribution in [1.29, 1.82) is 0 Å². The fourth-order valence-corrected chi connectivity index (χ4v) is 2.66. The van der Waals surface area contributed by atoms with Gasteiger partial charge in [-0.15, -0.1) is 0 Å².